The standard InChI is InChI=1S/C10H10N4/c1-11-14-13-10-7-12-6-8-4-2-3-5-9(8)10/h2-7H,1H3,(H,11,13). The van der Waals surface area contributed by atoms with Crippen molar-refractivity contribution in [3.05, 3.63) is 36.7 Å². The highest BCUT2D eigenvalue weighted by Crippen LogP contribution is 2.23. The Labute approximate surface area is 81.7 Å². The normalized spacial score (nSPS) is 10.9. The van der Waals surface area contributed by atoms with Gasteiger partial charge in [0.1, 0.15) is 5.69 Å². The van der Waals surface area contributed by atoms with Crippen molar-refractivity contribution in [2.75, 3.05) is 7.05 Å². The zero-order valence-corrected chi connectivity index (χ0v) is 7.81. The van der Waals surface area contributed by atoms with Crippen molar-refractivity contribution >= 4 is 16.5 Å². The van der Waals surface area contributed by atoms with Crippen LogP contribution >= 0.6 is 0 Å². The number of benzene rings is 1. The number of nitrogens with one attached hydrogen (secondary N) is 1. The van der Waals surface area contributed by atoms with Crippen LogP contribution in [0.1, 0.15) is 0 Å². The first-order valence-corrected chi connectivity index (χ1v) is 4.32. The monoisotopic (exact) mass is 186 g/mol. The lowest BCUT2D eigenvalue weighted by atomic mass is 10.1. The molecule has 1 aromatic heterocycles. The summed E-state index contributed by atoms with van der Waals surface area (Å²) in [5, 5.41) is 9.86. The summed E-state index contributed by atoms with van der Waals surface area (Å²) in [6.45, 7) is 0. The Balaban J connectivity index is 2.59. The van der Waals surface area contributed by atoms with E-state index in [9.17, 15) is 0 Å². The van der Waals surface area contributed by atoms with E-state index >= 15 is 0 Å². The third kappa shape index (κ3) is 1.54. The molecule has 1 N–H and O–H groups in total. The highest BCUT2D eigenvalue weighted by molar-refractivity contribution is 5.91. The summed E-state index contributed by atoms with van der Waals surface area (Å²) in [5.41, 5.74) is 3.39. The van der Waals surface area contributed by atoms with Crippen molar-refractivity contribution in [1.82, 2.24) is 10.4 Å². The molecule has 0 amide bonds. The second kappa shape index (κ2) is 3.83. The Morgan fingerprint density at radius 1 is 1.21 bits per heavy atom. The smallest absolute Gasteiger partial charge is 0.113 e. The molecule has 1 aromatic carbocycles. The van der Waals surface area contributed by atoms with E-state index in [4.69, 9.17) is 0 Å². The van der Waals surface area contributed by atoms with Gasteiger partial charge in [0.15, 0.2) is 0 Å². The van der Waals surface area contributed by atoms with Crippen molar-refractivity contribution in [1.29, 1.82) is 0 Å². The van der Waals surface area contributed by atoms with Crippen molar-refractivity contribution < 1.29 is 0 Å². The third-order valence-corrected chi connectivity index (χ3v) is 1.90. The molecule has 0 fully saturated rings. The summed E-state index contributed by atoms with van der Waals surface area (Å²) >= 11 is 0. The summed E-state index contributed by atoms with van der Waals surface area (Å²) in [6, 6.07) is 7.95. The minimum absolute atomic E-state index is 0.775. The molecule has 0 aliphatic carbocycles. The van der Waals surface area contributed by atoms with E-state index < -0.39 is 0 Å². The number of hydrogen-bond acceptors (Lipinski definition) is 3. The number of hydrogen-bond donors (Lipinski definition) is 1. The molecule has 4 nitrogen and oxygen atoms in total. The Bertz CT molecular complexity index is 459. The molecule has 1 heterocycles. The van der Waals surface area contributed by atoms with Crippen LogP contribution in [-0.4, -0.2) is 12.0 Å². The van der Waals surface area contributed by atoms with E-state index in [-0.39, 0.29) is 0 Å². The van der Waals surface area contributed by atoms with Crippen molar-refractivity contribution in [2.24, 2.45) is 10.3 Å². The third-order valence-electron chi connectivity index (χ3n) is 1.90. The molecule has 0 radical (unpaired) electrons. The minimum Gasteiger partial charge on any atom is -0.295 e. The van der Waals surface area contributed by atoms with Gasteiger partial charge in [-0.05, 0) is 0 Å². The first-order chi connectivity index (χ1) is 6.92. The van der Waals surface area contributed by atoms with Crippen LogP contribution < -0.4 is 5.43 Å². The van der Waals surface area contributed by atoms with Gasteiger partial charge in [-0.2, -0.15) is 0 Å². The first kappa shape index (κ1) is 8.62. The summed E-state index contributed by atoms with van der Waals surface area (Å²) in [4.78, 5) is 4.08. The van der Waals surface area contributed by atoms with Crippen molar-refractivity contribution in [2.45, 2.75) is 0 Å². The maximum Gasteiger partial charge on any atom is 0.113 e. The van der Waals surface area contributed by atoms with E-state index in [0.717, 1.165) is 16.5 Å². The van der Waals surface area contributed by atoms with E-state index in [2.05, 4.69) is 20.7 Å². The summed E-state index contributed by atoms with van der Waals surface area (Å²) in [6.07, 6.45) is 3.51. The van der Waals surface area contributed by atoms with Crippen molar-refractivity contribution in [3.63, 3.8) is 0 Å². The van der Waals surface area contributed by atoms with E-state index in [0.29, 0.717) is 0 Å². The summed E-state index contributed by atoms with van der Waals surface area (Å²) < 4.78 is 0. The zero-order valence-electron chi connectivity index (χ0n) is 7.81. The second-order valence-electron chi connectivity index (χ2n) is 2.80. The fraction of sp³-hybridized carbons (Fsp3) is 0.100. The molecular formula is C10H10N4. The Hall–Kier alpha value is -1.97. The number of pyridine rings is 1. The molecule has 0 aliphatic rings. The van der Waals surface area contributed by atoms with E-state index in [1.807, 2.05) is 30.5 Å². The fourth-order valence-corrected chi connectivity index (χ4v) is 1.28. The molecule has 0 spiro atoms. The number of fused-ring (bicyclic) bond motifs is 1. The average molecular weight is 186 g/mol. The molecular weight excluding hydrogens is 176 g/mol. The van der Waals surface area contributed by atoms with Gasteiger partial charge in [-0.25, -0.2) is 0 Å². The predicted molar refractivity (Wildman–Crippen MR) is 55.3 cm³/mol. The first-order valence-electron chi connectivity index (χ1n) is 4.32. The number of aromatic nitrogens is 1. The van der Waals surface area contributed by atoms with Crippen LogP contribution in [0.15, 0.2) is 47.0 Å². The lowest BCUT2D eigenvalue weighted by Gasteiger charge is -1.98. The molecule has 0 saturated heterocycles. The highest BCUT2D eigenvalue weighted by atomic mass is 15.4. The molecule has 2 rings (SSSR count). The number of rotatable bonds is 2. The average Bonchev–Trinajstić information content (AvgIpc) is 2.26. The topological polar surface area (TPSA) is 49.6 Å². The summed E-state index contributed by atoms with van der Waals surface area (Å²) in [7, 11) is 1.71. The molecule has 14 heavy (non-hydrogen) atoms. The second-order valence-corrected chi connectivity index (χ2v) is 2.80. The van der Waals surface area contributed by atoms with Gasteiger partial charge in [0.2, 0.25) is 0 Å². The highest BCUT2D eigenvalue weighted by Gasteiger charge is 1.98. The maximum absolute atomic E-state index is 4.08. The van der Waals surface area contributed by atoms with Crippen LogP contribution in [-0.2, 0) is 0 Å². The Morgan fingerprint density at radius 3 is 2.93 bits per heavy atom. The van der Waals surface area contributed by atoms with Crippen LogP contribution in [0.2, 0.25) is 0 Å². The van der Waals surface area contributed by atoms with Gasteiger partial charge in [-0.15, -0.1) is 5.11 Å². The maximum atomic E-state index is 4.08. The van der Waals surface area contributed by atoms with Gasteiger partial charge in [0.25, 0.3) is 0 Å². The lowest BCUT2D eigenvalue weighted by molar-refractivity contribution is 0.822. The Morgan fingerprint density at radius 2 is 2.07 bits per heavy atom. The predicted octanol–water partition coefficient (Wildman–Crippen LogP) is 2.45. The largest absolute Gasteiger partial charge is 0.295 e. The van der Waals surface area contributed by atoms with Crippen LogP contribution in [0.25, 0.3) is 10.8 Å². The van der Waals surface area contributed by atoms with Crippen LogP contribution in [0, 0.1) is 0 Å². The van der Waals surface area contributed by atoms with Gasteiger partial charge in [-0.1, -0.05) is 29.5 Å². The van der Waals surface area contributed by atoms with Gasteiger partial charge in [0, 0.05) is 24.0 Å². The van der Waals surface area contributed by atoms with Crippen LogP contribution in [0.5, 0.6) is 0 Å². The van der Waals surface area contributed by atoms with Gasteiger partial charge >= 0.3 is 0 Å². The molecule has 70 valence electrons. The molecule has 4 heteroatoms. The lowest BCUT2D eigenvalue weighted by Crippen LogP contribution is -1.89. The zero-order chi connectivity index (χ0) is 9.80. The molecule has 0 atom stereocenters. The molecule has 0 unspecified atom stereocenters. The molecule has 0 saturated carbocycles. The van der Waals surface area contributed by atoms with Gasteiger partial charge in [0.05, 0.1) is 6.20 Å². The molecule has 2 aromatic rings. The Kier molecular flexibility index (Phi) is 2.36. The fourth-order valence-electron chi connectivity index (χ4n) is 1.28. The quantitative estimate of drug-likeness (QED) is 0.578. The van der Waals surface area contributed by atoms with Crippen LogP contribution in [0.4, 0.5) is 5.69 Å². The van der Waals surface area contributed by atoms with E-state index in [1.54, 1.807) is 13.2 Å². The molecule has 0 aliphatic heterocycles. The van der Waals surface area contributed by atoms with Gasteiger partial charge < -0.3 is 0 Å². The number of nitrogens with zero attached hydrogens (tertiary/aromatic N) is 3. The van der Waals surface area contributed by atoms with Gasteiger partial charge in [-0.3, -0.25) is 10.4 Å². The minimum atomic E-state index is 0.775. The van der Waals surface area contributed by atoms with E-state index in [1.165, 1.54) is 0 Å². The van der Waals surface area contributed by atoms with Crippen LogP contribution in [0.3, 0.4) is 0 Å². The molecule has 0 bridgehead atoms. The SMILES string of the molecule is CNN=Nc1cncc2ccccc12. The van der Waals surface area contributed by atoms with Crippen molar-refractivity contribution in [3.8, 4) is 0 Å². The summed E-state index contributed by atoms with van der Waals surface area (Å²) in [5.74, 6) is 0.